The summed E-state index contributed by atoms with van der Waals surface area (Å²) in [5.74, 6) is -3.67. The predicted octanol–water partition coefficient (Wildman–Crippen LogP) is 2.66. The van der Waals surface area contributed by atoms with Gasteiger partial charge in [-0.3, -0.25) is 9.59 Å². The van der Waals surface area contributed by atoms with E-state index in [0.29, 0.717) is 11.0 Å². The van der Waals surface area contributed by atoms with Gasteiger partial charge in [-0.05, 0) is 12.1 Å². The molecule has 0 unspecified atom stereocenters. The number of halogens is 5. The van der Waals surface area contributed by atoms with Crippen LogP contribution in [0.25, 0.3) is 0 Å². The molecule has 0 bridgehead atoms. The van der Waals surface area contributed by atoms with Crippen LogP contribution in [-0.4, -0.2) is 42.5 Å². The number of alkyl halides is 3. The van der Waals surface area contributed by atoms with Crippen molar-refractivity contribution >= 4 is 11.8 Å². The van der Waals surface area contributed by atoms with E-state index in [1.165, 1.54) is 0 Å². The van der Waals surface area contributed by atoms with Crippen LogP contribution in [0.4, 0.5) is 22.0 Å². The highest BCUT2D eigenvalue weighted by Gasteiger charge is 2.32. The zero-order chi connectivity index (χ0) is 18.3. The molecule has 132 valence electrons. The van der Waals surface area contributed by atoms with E-state index in [-0.39, 0.29) is 13.1 Å². The number of nitrogens with zero attached hydrogens (tertiary/aromatic N) is 1. The van der Waals surface area contributed by atoms with Gasteiger partial charge in [-0.15, -0.1) is 6.58 Å². The minimum Gasteiger partial charge on any atom is -0.351 e. The van der Waals surface area contributed by atoms with Gasteiger partial charge in [-0.25, -0.2) is 8.78 Å². The van der Waals surface area contributed by atoms with Gasteiger partial charge in [0.2, 0.25) is 5.91 Å². The Morgan fingerprint density at radius 1 is 1.25 bits per heavy atom. The molecule has 0 saturated carbocycles. The summed E-state index contributed by atoms with van der Waals surface area (Å²) < 4.78 is 63.2. The van der Waals surface area contributed by atoms with E-state index in [1.54, 1.807) is 0 Å². The fourth-order valence-electron chi connectivity index (χ4n) is 1.84. The standard InChI is InChI=1S/C15H15F5N2O2/c1-2-7-22(9-15(18,19)20)13(23)5-6-21-14(24)11-4-3-10(16)8-12(11)17/h2-4,8H,1,5-7,9H2,(H,21,24). The Bertz CT molecular complexity index is 616. The van der Waals surface area contributed by atoms with Gasteiger partial charge in [0.25, 0.3) is 5.91 Å². The smallest absolute Gasteiger partial charge is 0.351 e. The molecule has 9 heteroatoms. The van der Waals surface area contributed by atoms with E-state index in [4.69, 9.17) is 0 Å². The molecule has 4 nitrogen and oxygen atoms in total. The molecule has 1 rings (SSSR count). The largest absolute Gasteiger partial charge is 0.406 e. The third-order valence-electron chi connectivity index (χ3n) is 2.87. The Labute approximate surface area is 134 Å². The molecule has 0 spiro atoms. The number of carbonyl (C=O) groups excluding carboxylic acids is 2. The van der Waals surface area contributed by atoms with Crippen LogP contribution < -0.4 is 5.32 Å². The average molecular weight is 350 g/mol. The van der Waals surface area contributed by atoms with Crippen molar-refractivity contribution in [1.29, 1.82) is 0 Å². The zero-order valence-electron chi connectivity index (χ0n) is 12.5. The van der Waals surface area contributed by atoms with E-state index in [0.717, 1.165) is 18.2 Å². The van der Waals surface area contributed by atoms with Gasteiger partial charge in [0.15, 0.2) is 0 Å². The van der Waals surface area contributed by atoms with Crippen molar-refractivity contribution in [3.63, 3.8) is 0 Å². The SMILES string of the molecule is C=CCN(CC(F)(F)F)C(=O)CCNC(=O)c1ccc(F)cc1F. The maximum absolute atomic E-state index is 13.4. The van der Waals surface area contributed by atoms with E-state index < -0.39 is 48.2 Å². The third-order valence-corrected chi connectivity index (χ3v) is 2.87. The summed E-state index contributed by atoms with van der Waals surface area (Å²) >= 11 is 0. The maximum Gasteiger partial charge on any atom is 0.406 e. The topological polar surface area (TPSA) is 49.4 Å². The second kappa shape index (κ2) is 8.42. The fraction of sp³-hybridized carbons (Fsp3) is 0.333. The lowest BCUT2D eigenvalue weighted by Gasteiger charge is -2.22. The predicted molar refractivity (Wildman–Crippen MR) is 76.1 cm³/mol. The summed E-state index contributed by atoms with van der Waals surface area (Å²) in [5.41, 5.74) is -0.429. The van der Waals surface area contributed by atoms with E-state index in [2.05, 4.69) is 11.9 Å². The zero-order valence-corrected chi connectivity index (χ0v) is 12.5. The molecular weight excluding hydrogens is 335 g/mol. The lowest BCUT2D eigenvalue weighted by atomic mass is 10.2. The third kappa shape index (κ3) is 6.35. The van der Waals surface area contributed by atoms with Gasteiger partial charge in [-0.2, -0.15) is 13.2 Å². The molecule has 0 heterocycles. The Hall–Kier alpha value is -2.45. The van der Waals surface area contributed by atoms with Gasteiger partial charge < -0.3 is 10.2 Å². The molecule has 1 aromatic carbocycles. The minimum absolute atomic E-state index is 0.292. The first-order valence-electron chi connectivity index (χ1n) is 6.82. The molecule has 24 heavy (non-hydrogen) atoms. The summed E-state index contributed by atoms with van der Waals surface area (Å²) in [7, 11) is 0. The summed E-state index contributed by atoms with van der Waals surface area (Å²) in [6.45, 7) is 1.26. The number of hydrogen-bond donors (Lipinski definition) is 1. The number of nitrogens with one attached hydrogen (secondary N) is 1. The van der Waals surface area contributed by atoms with Gasteiger partial charge in [0, 0.05) is 25.6 Å². The van der Waals surface area contributed by atoms with Gasteiger partial charge in [0.1, 0.15) is 18.2 Å². The summed E-state index contributed by atoms with van der Waals surface area (Å²) in [4.78, 5) is 24.0. The molecule has 0 saturated heterocycles. The van der Waals surface area contributed by atoms with Crippen molar-refractivity contribution < 1.29 is 31.5 Å². The molecule has 0 aliphatic carbocycles. The Balaban J connectivity index is 2.56. The van der Waals surface area contributed by atoms with E-state index in [9.17, 15) is 31.5 Å². The second-order valence-electron chi connectivity index (χ2n) is 4.81. The van der Waals surface area contributed by atoms with Crippen LogP contribution in [0.5, 0.6) is 0 Å². The van der Waals surface area contributed by atoms with Crippen molar-refractivity contribution in [3.8, 4) is 0 Å². The van der Waals surface area contributed by atoms with Gasteiger partial charge in [-0.1, -0.05) is 6.08 Å². The number of benzene rings is 1. The van der Waals surface area contributed by atoms with Crippen LogP contribution in [0, 0.1) is 11.6 Å². The monoisotopic (exact) mass is 350 g/mol. The lowest BCUT2D eigenvalue weighted by molar-refractivity contribution is -0.160. The number of rotatable bonds is 7. The first kappa shape index (κ1) is 19.6. The molecular formula is C15H15F5N2O2. The highest BCUT2D eigenvalue weighted by Crippen LogP contribution is 2.17. The van der Waals surface area contributed by atoms with Gasteiger partial charge >= 0.3 is 6.18 Å². The van der Waals surface area contributed by atoms with Crippen LogP contribution in [0.2, 0.25) is 0 Å². The average Bonchev–Trinajstić information content (AvgIpc) is 2.45. The molecule has 0 atom stereocenters. The van der Waals surface area contributed by atoms with Crippen molar-refractivity contribution in [1.82, 2.24) is 10.2 Å². The second-order valence-corrected chi connectivity index (χ2v) is 4.81. The van der Waals surface area contributed by atoms with Crippen molar-refractivity contribution in [3.05, 3.63) is 48.1 Å². The first-order chi connectivity index (χ1) is 11.1. The van der Waals surface area contributed by atoms with Crippen LogP contribution in [-0.2, 0) is 4.79 Å². The summed E-state index contributed by atoms with van der Waals surface area (Å²) in [6.07, 6.45) is -3.81. The van der Waals surface area contributed by atoms with Crippen molar-refractivity contribution in [2.45, 2.75) is 12.6 Å². The molecule has 1 N–H and O–H groups in total. The Kier molecular flexibility index (Phi) is 6.87. The van der Waals surface area contributed by atoms with Crippen LogP contribution in [0.15, 0.2) is 30.9 Å². The van der Waals surface area contributed by atoms with E-state index >= 15 is 0 Å². The van der Waals surface area contributed by atoms with E-state index in [1.807, 2.05) is 0 Å². The fourth-order valence-corrected chi connectivity index (χ4v) is 1.84. The molecule has 2 amide bonds. The normalized spacial score (nSPS) is 11.0. The van der Waals surface area contributed by atoms with Crippen molar-refractivity contribution in [2.75, 3.05) is 19.6 Å². The summed E-state index contributed by atoms with van der Waals surface area (Å²) in [5, 5.41) is 2.19. The van der Waals surface area contributed by atoms with Gasteiger partial charge in [0.05, 0.1) is 5.56 Å². The van der Waals surface area contributed by atoms with Crippen LogP contribution >= 0.6 is 0 Å². The highest BCUT2D eigenvalue weighted by atomic mass is 19.4. The summed E-state index contributed by atoms with van der Waals surface area (Å²) in [6, 6.07) is 2.34. The molecule has 0 aromatic heterocycles. The molecule has 0 radical (unpaired) electrons. The van der Waals surface area contributed by atoms with Crippen molar-refractivity contribution in [2.24, 2.45) is 0 Å². The quantitative estimate of drug-likeness (QED) is 0.607. The number of amides is 2. The minimum atomic E-state index is -4.56. The van der Waals surface area contributed by atoms with Crippen LogP contribution in [0.1, 0.15) is 16.8 Å². The first-order valence-corrected chi connectivity index (χ1v) is 6.82. The Morgan fingerprint density at radius 2 is 1.92 bits per heavy atom. The molecule has 0 fully saturated rings. The molecule has 1 aromatic rings. The lowest BCUT2D eigenvalue weighted by Crippen LogP contribution is -2.40. The maximum atomic E-state index is 13.4. The highest BCUT2D eigenvalue weighted by molar-refractivity contribution is 5.94. The number of hydrogen-bond acceptors (Lipinski definition) is 2. The number of carbonyl (C=O) groups is 2. The Morgan fingerprint density at radius 3 is 2.46 bits per heavy atom. The molecule has 0 aliphatic heterocycles. The van der Waals surface area contributed by atoms with Crippen LogP contribution in [0.3, 0.4) is 0 Å². The molecule has 0 aliphatic rings.